The van der Waals surface area contributed by atoms with Crippen LogP contribution >= 0.6 is 0 Å². The van der Waals surface area contributed by atoms with Crippen LogP contribution in [0.25, 0.3) is 0 Å². The summed E-state index contributed by atoms with van der Waals surface area (Å²) in [4.78, 5) is 2.56. The molecule has 2 atom stereocenters. The molecule has 2 aromatic rings. The molecular formula is C28H37FN2. The molecule has 0 saturated heterocycles. The second kappa shape index (κ2) is 10.9. The molecule has 0 bridgehead atoms. The lowest BCUT2D eigenvalue weighted by molar-refractivity contribution is 0.147. The Hall–Kier alpha value is -2.18. The quantitative estimate of drug-likeness (QED) is 0.418. The Morgan fingerprint density at radius 3 is 2.26 bits per heavy atom. The molecule has 2 unspecified atom stereocenters. The Morgan fingerprint density at radius 2 is 1.68 bits per heavy atom. The van der Waals surface area contributed by atoms with Crippen molar-refractivity contribution in [2.75, 3.05) is 6.54 Å². The zero-order valence-corrected chi connectivity index (χ0v) is 19.4. The van der Waals surface area contributed by atoms with Crippen molar-refractivity contribution in [3.63, 3.8) is 0 Å². The van der Waals surface area contributed by atoms with Crippen molar-refractivity contribution >= 4 is 0 Å². The van der Waals surface area contributed by atoms with E-state index in [1.54, 1.807) is 0 Å². The van der Waals surface area contributed by atoms with Gasteiger partial charge in [-0.2, -0.15) is 5.26 Å². The van der Waals surface area contributed by atoms with E-state index in [4.69, 9.17) is 0 Å². The smallest absolute Gasteiger partial charge is 0.123 e. The monoisotopic (exact) mass is 420 g/mol. The second-order valence-corrected chi connectivity index (χ2v) is 9.53. The molecule has 1 aliphatic rings. The minimum Gasteiger partial charge on any atom is -0.298 e. The fraction of sp³-hybridized carbons (Fsp3) is 0.536. The standard InChI is InChI=1S/C28H37FN2/c1-22(2)31(20-18-24-9-5-4-6-10-24)23(3)17-19-28(21-30,25-11-7-8-12-25)26-13-15-27(29)16-14-26/h4-6,9-10,13-16,22-23,25H,7-8,11-12,17-20H2,1-3H3. The minimum atomic E-state index is -0.513. The predicted molar refractivity (Wildman–Crippen MR) is 126 cm³/mol. The van der Waals surface area contributed by atoms with Crippen LogP contribution in [0.5, 0.6) is 0 Å². The Bertz CT molecular complexity index is 834. The van der Waals surface area contributed by atoms with Crippen LogP contribution in [0.15, 0.2) is 54.6 Å². The molecule has 0 spiro atoms. The van der Waals surface area contributed by atoms with Crippen LogP contribution in [0, 0.1) is 23.1 Å². The maximum Gasteiger partial charge on any atom is 0.123 e. The maximum absolute atomic E-state index is 13.6. The van der Waals surface area contributed by atoms with Crippen molar-refractivity contribution in [1.29, 1.82) is 5.26 Å². The van der Waals surface area contributed by atoms with E-state index in [-0.39, 0.29) is 5.82 Å². The molecule has 0 radical (unpaired) electrons. The third kappa shape index (κ3) is 5.74. The number of rotatable bonds is 10. The normalized spacial score (nSPS) is 17.6. The van der Waals surface area contributed by atoms with Crippen molar-refractivity contribution in [3.05, 3.63) is 71.5 Å². The van der Waals surface area contributed by atoms with Gasteiger partial charge in [-0.1, -0.05) is 55.3 Å². The van der Waals surface area contributed by atoms with E-state index in [2.05, 4.69) is 62.1 Å². The summed E-state index contributed by atoms with van der Waals surface area (Å²) in [5.74, 6) is 0.134. The average molecular weight is 421 g/mol. The highest BCUT2D eigenvalue weighted by Crippen LogP contribution is 2.45. The molecule has 2 aromatic carbocycles. The van der Waals surface area contributed by atoms with E-state index < -0.39 is 5.41 Å². The van der Waals surface area contributed by atoms with Crippen molar-refractivity contribution < 1.29 is 4.39 Å². The zero-order valence-electron chi connectivity index (χ0n) is 19.4. The highest BCUT2D eigenvalue weighted by molar-refractivity contribution is 5.34. The van der Waals surface area contributed by atoms with Crippen LogP contribution < -0.4 is 0 Å². The minimum absolute atomic E-state index is 0.234. The van der Waals surface area contributed by atoms with Crippen LogP contribution in [0.2, 0.25) is 0 Å². The van der Waals surface area contributed by atoms with E-state index >= 15 is 0 Å². The first-order valence-electron chi connectivity index (χ1n) is 11.9. The van der Waals surface area contributed by atoms with Gasteiger partial charge in [0.05, 0.1) is 11.5 Å². The largest absolute Gasteiger partial charge is 0.298 e. The van der Waals surface area contributed by atoms with Crippen LogP contribution in [0.3, 0.4) is 0 Å². The van der Waals surface area contributed by atoms with Gasteiger partial charge in [-0.3, -0.25) is 4.90 Å². The van der Waals surface area contributed by atoms with Gasteiger partial charge in [0.1, 0.15) is 5.82 Å². The summed E-state index contributed by atoms with van der Waals surface area (Å²) in [7, 11) is 0. The Labute approximate surface area is 188 Å². The lowest BCUT2D eigenvalue weighted by atomic mass is 9.67. The molecule has 0 N–H and O–H groups in total. The van der Waals surface area contributed by atoms with E-state index in [0.717, 1.165) is 44.2 Å². The first-order chi connectivity index (χ1) is 15.0. The fourth-order valence-electron chi connectivity index (χ4n) is 5.45. The first-order valence-corrected chi connectivity index (χ1v) is 11.9. The Kier molecular flexibility index (Phi) is 8.27. The van der Waals surface area contributed by atoms with Crippen molar-refractivity contribution in [1.82, 2.24) is 4.90 Å². The number of nitrogens with zero attached hydrogens (tertiary/aromatic N) is 2. The van der Waals surface area contributed by atoms with Gasteiger partial charge in [0, 0.05) is 18.6 Å². The fourth-order valence-corrected chi connectivity index (χ4v) is 5.45. The summed E-state index contributed by atoms with van der Waals surface area (Å²) in [6.45, 7) is 7.83. The van der Waals surface area contributed by atoms with Crippen LogP contribution in [-0.4, -0.2) is 23.5 Å². The lowest BCUT2D eigenvalue weighted by Crippen LogP contribution is -2.42. The number of halogens is 1. The molecule has 2 nitrogen and oxygen atoms in total. The molecule has 3 rings (SSSR count). The molecule has 0 heterocycles. The van der Waals surface area contributed by atoms with Gasteiger partial charge < -0.3 is 0 Å². The van der Waals surface area contributed by atoms with Gasteiger partial charge in [0.2, 0.25) is 0 Å². The summed E-state index contributed by atoms with van der Waals surface area (Å²) in [5, 5.41) is 10.4. The zero-order chi connectivity index (χ0) is 22.3. The van der Waals surface area contributed by atoms with E-state index in [1.165, 1.54) is 30.5 Å². The highest BCUT2D eigenvalue weighted by Gasteiger charge is 2.42. The van der Waals surface area contributed by atoms with Crippen LogP contribution in [0.1, 0.15) is 70.4 Å². The van der Waals surface area contributed by atoms with Crippen molar-refractivity contribution in [3.8, 4) is 6.07 Å². The summed E-state index contributed by atoms with van der Waals surface area (Å²) in [5.41, 5.74) is 1.85. The highest BCUT2D eigenvalue weighted by atomic mass is 19.1. The molecule has 1 aliphatic carbocycles. The average Bonchev–Trinajstić information content (AvgIpc) is 3.31. The molecular weight excluding hydrogens is 383 g/mol. The second-order valence-electron chi connectivity index (χ2n) is 9.53. The molecule has 1 saturated carbocycles. The molecule has 0 aromatic heterocycles. The third-order valence-electron chi connectivity index (χ3n) is 7.30. The molecule has 166 valence electrons. The molecule has 0 amide bonds. The molecule has 31 heavy (non-hydrogen) atoms. The van der Waals surface area contributed by atoms with E-state index in [1.807, 2.05) is 12.1 Å². The topological polar surface area (TPSA) is 27.0 Å². The number of benzene rings is 2. The molecule has 1 fully saturated rings. The van der Waals surface area contributed by atoms with E-state index in [9.17, 15) is 9.65 Å². The SMILES string of the molecule is CC(C)N(CCc1ccccc1)C(C)CCC(C#N)(c1ccc(F)cc1)C1CCCC1. The molecule has 0 aliphatic heterocycles. The summed E-state index contributed by atoms with van der Waals surface area (Å²) < 4.78 is 13.6. The van der Waals surface area contributed by atoms with Gasteiger partial charge >= 0.3 is 0 Å². The van der Waals surface area contributed by atoms with Gasteiger partial charge in [-0.05, 0) is 82.1 Å². The van der Waals surface area contributed by atoms with Gasteiger partial charge in [0.15, 0.2) is 0 Å². The Morgan fingerprint density at radius 1 is 1.03 bits per heavy atom. The lowest BCUT2D eigenvalue weighted by Gasteiger charge is -2.38. The number of nitriles is 1. The summed E-state index contributed by atoms with van der Waals surface area (Å²) in [6, 6.07) is 20.9. The van der Waals surface area contributed by atoms with Crippen molar-refractivity contribution in [2.45, 2.75) is 83.2 Å². The van der Waals surface area contributed by atoms with E-state index in [0.29, 0.717) is 18.0 Å². The predicted octanol–water partition coefficient (Wildman–Crippen LogP) is 6.90. The maximum atomic E-state index is 13.6. The summed E-state index contributed by atoms with van der Waals surface area (Å²) >= 11 is 0. The number of hydrogen-bond acceptors (Lipinski definition) is 2. The van der Waals surface area contributed by atoms with Gasteiger partial charge in [-0.15, -0.1) is 0 Å². The van der Waals surface area contributed by atoms with Crippen molar-refractivity contribution in [2.24, 2.45) is 5.92 Å². The first kappa shape index (κ1) is 23.5. The van der Waals surface area contributed by atoms with Gasteiger partial charge in [-0.25, -0.2) is 4.39 Å². The summed E-state index contributed by atoms with van der Waals surface area (Å²) in [6.07, 6.45) is 7.42. The molecule has 3 heteroatoms. The Balaban J connectivity index is 1.74. The van der Waals surface area contributed by atoms with Gasteiger partial charge in [0.25, 0.3) is 0 Å². The van der Waals surface area contributed by atoms with Crippen LogP contribution in [0.4, 0.5) is 4.39 Å². The number of hydrogen-bond donors (Lipinski definition) is 0. The van der Waals surface area contributed by atoms with Crippen LogP contribution in [-0.2, 0) is 11.8 Å². The third-order valence-corrected chi connectivity index (χ3v) is 7.30.